The minimum absolute atomic E-state index is 0.0668. The van der Waals surface area contributed by atoms with Gasteiger partial charge in [0.15, 0.2) is 0 Å². The van der Waals surface area contributed by atoms with Gasteiger partial charge in [0.05, 0.1) is 12.1 Å². The summed E-state index contributed by atoms with van der Waals surface area (Å²) in [5.74, 6) is -1.33. The second kappa shape index (κ2) is 6.68. The van der Waals surface area contributed by atoms with Gasteiger partial charge in [0.1, 0.15) is 10.5 Å². The van der Waals surface area contributed by atoms with Crippen molar-refractivity contribution in [2.45, 2.75) is 25.8 Å². The third kappa shape index (κ3) is 3.89. The molecular formula is C16H17ClN2O3S. The third-order valence-corrected chi connectivity index (χ3v) is 4.90. The average Bonchev–Trinajstić information content (AvgIpc) is 2.95. The van der Waals surface area contributed by atoms with Gasteiger partial charge in [-0.2, -0.15) is 0 Å². The van der Waals surface area contributed by atoms with Crippen LogP contribution >= 0.6 is 22.9 Å². The van der Waals surface area contributed by atoms with Crippen molar-refractivity contribution >= 4 is 34.8 Å². The quantitative estimate of drug-likeness (QED) is 0.896. The molecule has 122 valence electrons. The zero-order chi connectivity index (χ0) is 17.2. The SMILES string of the molecule is CN(C(=O)Cc1csc(-c2ccc(Cl)cc2)n1)C(C)(C)C(=O)O. The molecule has 0 spiro atoms. The third-order valence-electron chi connectivity index (χ3n) is 3.71. The van der Waals surface area contributed by atoms with Crippen LogP contribution < -0.4 is 0 Å². The smallest absolute Gasteiger partial charge is 0.329 e. The van der Waals surface area contributed by atoms with Gasteiger partial charge in [-0.15, -0.1) is 11.3 Å². The highest BCUT2D eigenvalue weighted by atomic mass is 35.5. The summed E-state index contributed by atoms with van der Waals surface area (Å²) in [6.07, 6.45) is 0.0668. The predicted octanol–water partition coefficient (Wildman–Crippen LogP) is 3.33. The fourth-order valence-corrected chi connectivity index (χ4v) is 2.79. The number of carboxylic acid groups (broad SMARTS) is 1. The van der Waals surface area contributed by atoms with Gasteiger partial charge in [-0.3, -0.25) is 4.79 Å². The number of aromatic nitrogens is 1. The van der Waals surface area contributed by atoms with Crippen molar-refractivity contribution in [3.63, 3.8) is 0 Å². The molecule has 1 aromatic carbocycles. The number of nitrogens with zero attached hydrogens (tertiary/aromatic N) is 2. The number of carbonyl (C=O) groups is 2. The number of likely N-dealkylation sites (N-methyl/N-ethyl adjacent to an activating group) is 1. The predicted molar refractivity (Wildman–Crippen MR) is 90.7 cm³/mol. The van der Waals surface area contributed by atoms with E-state index in [0.717, 1.165) is 10.6 Å². The van der Waals surface area contributed by atoms with Crippen molar-refractivity contribution in [3.8, 4) is 10.6 Å². The number of aliphatic carboxylic acids is 1. The van der Waals surface area contributed by atoms with Gasteiger partial charge >= 0.3 is 5.97 Å². The van der Waals surface area contributed by atoms with Crippen LogP contribution in [-0.4, -0.2) is 39.5 Å². The van der Waals surface area contributed by atoms with Crippen LogP contribution in [0.3, 0.4) is 0 Å². The van der Waals surface area contributed by atoms with Crippen molar-refractivity contribution < 1.29 is 14.7 Å². The minimum Gasteiger partial charge on any atom is -0.480 e. The summed E-state index contributed by atoms with van der Waals surface area (Å²) in [7, 11) is 1.49. The Morgan fingerprint density at radius 2 is 1.91 bits per heavy atom. The minimum atomic E-state index is -1.26. The maximum atomic E-state index is 12.3. The molecule has 1 N–H and O–H groups in total. The Morgan fingerprint density at radius 1 is 1.30 bits per heavy atom. The van der Waals surface area contributed by atoms with Crippen molar-refractivity contribution in [2.75, 3.05) is 7.05 Å². The van der Waals surface area contributed by atoms with Crippen LogP contribution in [-0.2, 0) is 16.0 Å². The van der Waals surface area contributed by atoms with Gasteiger partial charge in [0.25, 0.3) is 0 Å². The van der Waals surface area contributed by atoms with Gasteiger partial charge in [-0.25, -0.2) is 9.78 Å². The van der Waals surface area contributed by atoms with Crippen LogP contribution in [0, 0.1) is 0 Å². The monoisotopic (exact) mass is 352 g/mol. The van der Waals surface area contributed by atoms with Crippen LogP contribution in [0.5, 0.6) is 0 Å². The van der Waals surface area contributed by atoms with Gasteiger partial charge < -0.3 is 10.0 Å². The number of carbonyl (C=O) groups excluding carboxylic acids is 1. The summed E-state index contributed by atoms with van der Waals surface area (Å²) in [6.45, 7) is 2.99. The van der Waals surface area contributed by atoms with Crippen LogP contribution in [0.2, 0.25) is 5.02 Å². The molecule has 0 saturated carbocycles. The average molecular weight is 353 g/mol. The number of amides is 1. The molecule has 1 amide bonds. The molecule has 0 aliphatic heterocycles. The lowest BCUT2D eigenvalue weighted by molar-refractivity contribution is -0.155. The van der Waals surface area contributed by atoms with Gasteiger partial charge in [-0.05, 0) is 26.0 Å². The van der Waals surface area contributed by atoms with Gasteiger partial charge in [0, 0.05) is 23.0 Å². The van der Waals surface area contributed by atoms with Crippen molar-refractivity contribution in [1.29, 1.82) is 0 Å². The first-order valence-electron chi connectivity index (χ1n) is 6.92. The normalized spacial score (nSPS) is 11.3. The summed E-state index contributed by atoms with van der Waals surface area (Å²) >= 11 is 7.30. The molecule has 0 fully saturated rings. The van der Waals surface area contributed by atoms with E-state index in [1.54, 1.807) is 12.1 Å². The topological polar surface area (TPSA) is 70.5 Å². The number of thiazole rings is 1. The number of rotatable bonds is 5. The zero-order valence-corrected chi connectivity index (χ0v) is 14.6. The first-order chi connectivity index (χ1) is 10.7. The van der Waals surface area contributed by atoms with E-state index in [4.69, 9.17) is 11.6 Å². The molecule has 5 nitrogen and oxygen atoms in total. The first-order valence-corrected chi connectivity index (χ1v) is 8.18. The Bertz CT molecular complexity index is 725. The Balaban J connectivity index is 2.11. The van der Waals surface area contributed by atoms with Crippen molar-refractivity contribution in [1.82, 2.24) is 9.88 Å². The summed E-state index contributed by atoms with van der Waals surface area (Å²) in [4.78, 5) is 29.2. The molecule has 0 bridgehead atoms. The second-order valence-corrected chi connectivity index (χ2v) is 6.94. The van der Waals surface area contributed by atoms with Crippen LogP contribution in [0.15, 0.2) is 29.6 Å². The maximum absolute atomic E-state index is 12.3. The van der Waals surface area contributed by atoms with Crippen LogP contribution in [0.4, 0.5) is 0 Å². The number of hydrogen-bond donors (Lipinski definition) is 1. The van der Waals surface area contributed by atoms with E-state index in [1.807, 2.05) is 17.5 Å². The van der Waals surface area contributed by atoms with Gasteiger partial charge in [-0.1, -0.05) is 23.7 Å². The lowest BCUT2D eigenvalue weighted by Gasteiger charge is -2.31. The lowest BCUT2D eigenvalue weighted by atomic mass is 10.0. The highest BCUT2D eigenvalue weighted by Gasteiger charge is 2.35. The molecule has 2 aromatic rings. The molecule has 0 aliphatic rings. The molecule has 0 atom stereocenters. The van der Waals surface area contributed by atoms with E-state index < -0.39 is 11.5 Å². The Hall–Kier alpha value is -1.92. The van der Waals surface area contributed by atoms with Crippen molar-refractivity contribution in [2.24, 2.45) is 0 Å². The fourth-order valence-electron chi connectivity index (χ4n) is 1.84. The van der Waals surface area contributed by atoms with E-state index >= 15 is 0 Å². The number of halogens is 1. The molecule has 23 heavy (non-hydrogen) atoms. The number of carboxylic acids is 1. The van der Waals surface area contributed by atoms with Crippen molar-refractivity contribution in [3.05, 3.63) is 40.4 Å². The van der Waals surface area contributed by atoms with E-state index in [2.05, 4.69) is 4.98 Å². The lowest BCUT2D eigenvalue weighted by Crippen LogP contribution is -2.51. The summed E-state index contributed by atoms with van der Waals surface area (Å²) in [5, 5.41) is 12.4. The fraction of sp³-hybridized carbons (Fsp3) is 0.312. The van der Waals surface area contributed by atoms with Crippen LogP contribution in [0.1, 0.15) is 19.5 Å². The standard InChI is InChI=1S/C16H17ClN2O3S/c1-16(2,15(21)22)19(3)13(20)8-12-9-23-14(18-12)10-4-6-11(17)7-5-10/h4-7,9H,8H2,1-3H3,(H,21,22). The van der Waals surface area contributed by atoms with E-state index in [-0.39, 0.29) is 12.3 Å². The molecule has 0 saturated heterocycles. The Labute approximate surface area is 143 Å². The molecule has 0 aliphatic carbocycles. The summed E-state index contributed by atoms with van der Waals surface area (Å²) in [6, 6.07) is 7.30. The molecule has 7 heteroatoms. The largest absolute Gasteiger partial charge is 0.480 e. The molecule has 2 rings (SSSR count). The highest BCUT2D eigenvalue weighted by Crippen LogP contribution is 2.25. The number of hydrogen-bond acceptors (Lipinski definition) is 4. The van der Waals surface area contributed by atoms with E-state index in [9.17, 15) is 14.7 Å². The molecular weight excluding hydrogens is 336 g/mol. The Kier molecular flexibility index (Phi) is 5.06. The molecule has 0 radical (unpaired) electrons. The maximum Gasteiger partial charge on any atom is 0.329 e. The number of benzene rings is 1. The summed E-state index contributed by atoms with van der Waals surface area (Å²) in [5.41, 5.74) is 0.293. The van der Waals surface area contributed by atoms with E-state index in [1.165, 1.54) is 37.1 Å². The summed E-state index contributed by atoms with van der Waals surface area (Å²) < 4.78 is 0. The molecule has 1 heterocycles. The zero-order valence-electron chi connectivity index (χ0n) is 13.0. The Morgan fingerprint density at radius 3 is 2.48 bits per heavy atom. The van der Waals surface area contributed by atoms with Gasteiger partial charge in [0.2, 0.25) is 5.91 Å². The molecule has 1 aromatic heterocycles. The molecule has 0 unspecified atom stereocenters. The second-order valence-electron chi connectivity index (χ2n) is 5.64. The first kappa shape index (κ1) is 17.4. The highest BCUT2D eigenvalue weighted by molar-refractivity contribution is 7.13. The van der Waals surface area contributed by atoms with E-state index in [0.29, 0.717) is 10.7 Å². The van der Waals surface area contributed by atoms with Crippen LogP contribution in [0.25, 0.3) is 10.6 Å².